The first-order valence-corrected chi connectivity index (χ1v) is 9.89. The molecular formula is C20H34IN5O3. The molecule has 1 fully saturated rings. The zero-order valence-corrected chi connectivity index (χ0v) is 19.7. The van der Waals surface area contributed by atoms with Crippen LogP contribution in [0.2, 0.25) is 0 Å². The second kappa shape index (κ2) is 15.3. The minimum absolute atomic E-state index is 0. The van der Waals surface area contributed by atoms with E-state index in [2.05, 4.69) is 20.9 Å². The molecular weight excluding hydrogens is 485 g/mol. The average molecular weight is 519 g/mol. The van der Waals surface area contributed by atoms with E-state index >= 15 is 0 Å². The Bertz CT molecular complexity index is 624. The van der Waals surface area contributed by atoms with E-state index in [1.165, 1.54) is 0 Å². The third-order valence-corrected chi connectivity index (χ3v) is 4.44. The van der Waals surface area contributed by atoms with Crippen molar-refractivity contribution in [1.82, 2.24) is 15.5 Å². The van der Waals surface area contributed by atoms with Crippen molar-refractivity contribution in [2.75, 3.05) is 58.9 Å². The Labute approximate surface area is 190 Å². The Morgan fingerprint density at radius 3 is 2.69 bits per heavy atom. The molecule has 1 aromatic carbocycles. The molecule has 0 saturated carbocycles. The van der Waals surface area contributed by atoms with Crippen molar-refractivity contribution in [1.29, 1.82) is 0 Å². The molecule has 1 saturated heterocycles. The normalized spacial score (nSPS) is 13.7. The first-order valence-electron chi connectivity index (χ1n) is 9.89. The lowest BCUT2D eigenvalue weighted by atomic mass is 10.2. The third kappa shape index (κ3) is 10.1. The van der Waals surface area contributed by atoms with Crippen LogP contribution >= 0.6 is 24.0 Å². The summed E-state index contributed by atoms with van der Waals surface area (Å²) in [7, 11) is 3.41. The van der Waals surface area contributed by atoms with Gasteiger partial charge in [0, 0.05) is 52.6 Å². The Kier molecular flexibility index (Phi) is 13.4. The summed E-state index contributed by atoms with van der Waals surface area (Å²) in [5.41, 5.74) is 1.89. The SMILES string of the molecule is CN=C(NCCCOCCOC)NCc1cccc(NC(=O)N2CCCC2)c1.I. The summed E-state index contributed by atoms with van der Waals surface area (Å²) in [5, 5.41) is 9.53. The topological polar surface area (TPSA) is 87.2 Å². The number of nitrogens with zero attached hydrogens (tertiary/aromatic N) is 2. The zero-order valence-electron chi connectivity index (χ0n) is 17.4. The molecule has 8 nitrogen and oxygen atoms in total. The van der Waals surface area contributed by atoms with Crippen molar-refractivity contribution in [2.24, 2.45) is 4.99 Å². The van der Waals surface area contributed by atoms with Gasteiger partial charge in [-0.1, -0.05) is 12.1 Å². The summed E-state index contributed by atoms with van der Waals surface area (Å²) in [6.07, 6.45) is 3.06. The number of hydrogen-bond acceptors (Lipinski definition) is 4. The molecule has 2 amide bonds. The first kappa shape index (κ1) is 25.4. The van der Waals surface area contributed by atoms with E-state index in [1.807, 2.05) is 29.2 Å². The highest BCUT2D eigenvalue weighted by Crippen LogP contribution is 2.14. The Morgan fingerprint density at radius 1 is 1.17 bits per heavy atom. The first-order chi connectivity index (χ1) is 13.7. The molecule has 0 radical (unpaired) electrons. The van der Waals surface area contributed by atoms with Gasteiger partial charge in [0.15, 0.2) is 5.96 Å². The zero-order chi connectivity index (χ0) is 20.0. The molecule has 164 valence electrons. The van der Waals surface area contributed by atoms with Crippen LogP contribution < -0.4 is 16.0 Å². The van der Waals surface area contributed by atoms with E-state index < -0.39 is 0 Å². The van der Waals surface area contributed by atoms with Gasteiger partial charge < -0.3 is 30.3 Å². The molecule has 1 aliphatic heterocycles. The number of carbonyl (C=O) groups is 1. The van der Waals surface area contributed by atoms with Crippen molar-refractivity contribution in [2.45, 2.75) is 25.8 Å². The number of likely N-dealkylation sites (tertiary alicyclic amines) is 1. The lowest BCUT2D eigenvalue weighted by molar-refractivity contribution is 0.0698. The van der Waals surface area contributed by atoms with Gasteiger partial charge in [0.05, 0.1) is 13.2 Å². The predicted molar refractivity (Wildman–Crippen MR) is 127 cm³/mol. The molecule has 0 atom stereocenters. The molecule has 1 aromatic rings. The maximum atomic E-state index is 12.2. The summed E-state index contributed by atoms with van der Waals surface area (Å²) in [6, 6.07) is 7.85. The summed E-state index contributed by atoms with van der Waals surface area (Å²) < 4.78 is 10.4. The number of anilines is 1. The molecule has 0 spiro atoms. The number of carbonyl (C=O) groups excluding carboxylic acids is 1. The van der Waals surface area contributed by atoms with Crippen LogP contribution in [0.25, 0.3) is 0 Å². The van der Waals surface area contributed by atoms with Gasteiger partial charge in [-0.15, -0.1) is 24.0 Å². The molecule has 0 bridgehead atoms. The summed E-state index contributed by atoms with van der Waals surface area (Å²) in [5.74, 6) is 0.739. The molecule has 0 aromatic heterocycles. The second-order valence-electron chi connectivity index (χ2n) is 6.64. The number of ether oxygens (including phenoxy) is 2. The highest BCUT2D eigenvalue weighted by Gasteiger charge is 2.17. The number of halogens is 1. The van der Waals surface area contributed by atoms with Gasteiger partial charge in [-0.3, -0.25) is 4.99 Å². The molecule has 9 heteroatoms. The van der Waals surface area contributed by atoms with Crippen LogP contribution in [0, 0.1) is 0 Å². The number of rotatable bonds is 10. The van der Waals surface area contributed by atoms with Gasteiger partial charge in [0.2, 0.25) is 0 Å². The average Bonchev–Trinajstić information content (AvgIpc) is 3.25. The summed E-state index contributed by atoms with van der Waals surface area (Å²) >= 11 is 0. The summed E-state index contributed by atoms with van der Waals surface area (Å²) in [6.45, 7) is 5.00. The second-order valence-corrected chi connectivity index (χ2v) is 6.64. The van der Waals surface area contributed by atoms with E-state index in [4.69, 9.17) is 9.47 Å². The van der Waals surface area contributed by atoms with Crippen LogP contribution in [0.3, 0.4) is 0 Å². The highest BCUT2D eigenvalue weighted by atomic mass is 127. The molecule has 0 unspecified atom stereocenters. The van der Waals surface area contributed by atoms with Crippen LogP contribution in [0.15, 0.2) is 29.3 Å². The molecule has 29 heavy (non-hydrogen) atoms. The maximum Gasteiger partial charge on any atom is 0.321 e. The lowest BCUT2D eigenvalue weighted by Crippen LogP contribution is -2.37. The van der Waals surface area contributed by atoms with Crippen LogP contribution in [0.4, 0.5) is 10.5 Å². The number of aliphatic imine (C=N–C) groups is 1. The predicted octanol–water partition coefficient (Wildman–Crippen LogP) is 2.65. The molecule has 2 rings (SSSR count). The van der Waals surface area contributed by atoms with Crippen molar-refractivity contribution in [3.63, 3.8) is 0 Å². The minimum atomic E-state index is -0.0206. The van der Waals surface area contributed by atoms with Crippen molar-refractivity contribution in [3.05, 3.63) is 29.8 Å². The van der Waals surface area contributed by atoms with E-state index in [0.717, 1.165) is 56.1 Å². The maximum absolute atomic E-state index is 12.2. The number of hydrogen-bond donors (Lipinski definition) is 3. The van der Waals surface area contributed by atoms with Gasteiger partial charge in [0.1, 0.15) is 0 Å². The Hall–Kier alpha value is -1.59. The number of benzene rings is 1. The fourth-order valence-electron chi connectivity index (χ4n) is 2.91. The standard InChI is InChI=1S/C20H33N5O3.HI/c1-21-19(22-9-6-12-28-14-13-27-2)23-16-17-7-5-8-18(15-17)24-20(26)25-10-3-4-11-25;/h5,7-8,15H,3-4,6,9-14,16H2,1-2H3,(H,24,26)(H2,21,22,23);1H. The van der Waals surface area contributed by atoms with Crippen molar-refractivity contribution >= 4 is 41.7 Å². The van der Waals surface area contributed by atoms with E-state index in [0.29, 0.717) is 26.4 Å². The molecule has 0 aliphatic carbocycles. The smallest absolute Gasteiger partial charge is 0.321 e. The van der Waals surface area contributed by atoms with Gasteiger partial charge in [-0.25, -0.2) is 4.79 Å². The van der Waals surface area contributed by atoms with E-state index in [9.17, 15) is 4.79 Å². The quantitative estimate of drug-likeness (QED) is 0.192. The number of amides is 2. The summed E-state index contributed by atoms with van der Waals surface area (Å²) in [4.78, 5) is 18.3. The van der Waals surface area contributed by atoms with Gasteiger partial charge in [0.25, 0.3) is 0 Å². The largest absolute Gasteiger partial charge is 0.382 e. The van der Waals surface area contributed by atoms with Crippen LogP contribution in [-0.2, 0) is 16.0 Å². The van der Waals surface area contributed by atoms with Gasteiger partial charge >= 0.3 is 6.03 Å². The van der Waals surface area contributed by atoms with Crippen molar-refractivity contribution in [3.8, 4) is 0 Å². The van der Waals surface area contributed by atoms with Crippen LogP contribution in [0.5, 0.6) is 0 Å². The number of urea groups is 1. The van der Waals surface area contributed by atoms with Gasteiger partial charge in [-0.2, -0.15) is 0 Å². The Balaban J connectivity index is 0.00000420. The molecule has 1 heterocycles. The Morgan fingerprint density at radius 2 is 1.97 bits per heavy atom. The number of guanidine groups is 1. The third-order valence-electron chi connectivity index (χ3n) is 4.44. The monoisotopic (exact) mass is 519 g/mol. The van der Waals surface area contributed by atoms with Crippen molar-refractivity contribution < 1.29 is 14.3 Å². The molecule has 3 N–H and O–H groups in total. The highest BCUT2D eigenvalue weighted by molar-refractivity contribution is 14.0. The number of methoxy groups -OCH3 is 1. The van der Waals surface area contributed by atoms with Crippen LogP contribution in [-0.4, -0.2) is 70.5 Å². The fourth-order valence-corrected chi connectivity index (χ4v) is 2.91. The van der Waals surface area contributed by atoms with Gasteiger partial charge in [-0.05, 0) is 37.0 Å². The lowest BCUT2D eigenvalue weighted by Gasteiger charge is -2.17. The minimum Gasteiger partial charge on any atom is -0.382 e. The molecule has 1 aliphatic rings. The number of nitrogens with one attached hydrogen (secondary N) is 3. The van der Waals surface area contributed by atoms with E-state index in [-0.39, 0.29) is 30.0 Å². The van der Waals surface area contributed by atoms with Crippen LogP contribution in [0.1, 0.15) is 24.8 Å². The van der Waals surface area contributed by atoms with E-state index in [1.54, 1.807) is 14.2 Å². The fraction of sp³-hybridized carbons (Fsp3) is 0.600.